The molecule has 4 nitrogen and oxygen atoms in total. The van der Waals surface area contributed by atoms with E-state index < -0.39 is 12.2 Å². The number of ether oxygens (including phenoxy) is 1. The monoisotopic (exact) mass is 344 g/mol. The second-order valence-corrected chi connectivity index (χ2v) is 6.03. The Bertz CT molecular complexity index is 870. The molecule has 5 heteroatoms. The van der Waals surface area contributed by atoms with Crippen LogP contribution in [0.5, 0.6) is 0 Å². The number of hydrogen-bond donors (Lipinski definition) is 1. The number of hydrogen-bond acceptors (Lipinski definition) is 4. The van der Waals surface area contributed by atoms with Gasteiger partial charge in [0.05, 0.1) is 0 Å². The fourth-order valence-electron chi connectivity index (χ4n) is 2.78. The minimum Gasteiger partial charge on any atom is -0.452 e. The van der Waals surface area contributed by atoms with Crippen molar-refractivity contribution in [3.8, 4) is 0 Å². The molecule has 24 heavy (non-hydrogen) atoms. The maximum atomic E-state index is 12.9. The molecule has 0 fully saturated rings. The molecule has 2 unspecified atom stereocenters. The first-order valence-corrected chi connectivity index (χ1v) is 7.93. The van der Waals surface area contributed by atoms with Crippen LogP contribution in [-0.4, -0.2) is 24.3 Å². The molecule has 0 aliphatic carbocycles. The molecule has 0 aliphatic rings. The average Bonchev–Trinajstić information content (AvgIpc) is 2.98. The second kappa shape index (κ2) is 6.77. The molecule has 0 spiro atoms. The van der Waals surface area contributed by atoms with Crippen LogP contribution in [0, 0.1) is 0 Å². The predicted molar refractivity (Wildman–Crippen MR) is 92.5 cm³/mol. The molecule has 2 atom stereocenters. The zero-order valence-corrected chi connectivity index (χ0v) is 14.1. The van der Waals surface area contributed by atoms with Gasteiger partial charge in [0.2, 0.25) is 5.78 Å². The van der Waals surface area contributed by atoms with Crippen LogP contribution in [0.4, 0.5) is 0 Å². The normalized spacial score (nSPS) is 13.8. The number of aliphatic hydroxyl groups is 1. The molecular formula is C19H17ClO4. The number of carbonyl (C=O) groups is 1. The molecule has 3 aromatic rings. The van der Waals surface area contributed by atoms with Crippen molar-refractivity contribution >= 4 is 28.4 Å². The number of fused-ring (bicyclic) bond motifs is 1. The third-order valence-electron chi connectivity index (χ3n) is 4.06. The van der Waals surface area contributed by atoms with Gasteiger partial charge in [0.25, 0.3) is 0 Å². The fraction of sp³-hybridized carbons (Fsp3) is 0.211. The standard InChI is InChI=1S/C19H17ClO4/c1-11(19(22)23-2)16-14-10-13(20)8-9-15(14)24-18(16)17(21)12-6-4-3-5-7-12/h3-11,19,22H,1-2H3. The largest absolute Gasteiger partial charge is 0.452 e. The molecule has 124 valence electrons. The zero-order chi connectivity index (χ0) is 17.3. The molecule has 3 rings (SSSR count). The Labute approximate surface area is 144 Å². The first-order chi connectivity index (χ1) is 11.5. The first kappa shape index (κ1) is 16.7. The molecule has 0 radical (unpaired) electrons. The second-order valence-electron chi connectivity index (χ2n) is 5.60. The summed E-state index contributed by atoms with van der Waals surface area (Å²) in [7, 11) is 1.41. The van der Waals surface area contributed by atoms with Crippen molar-refractivity contribution in [1.82, 2.24) is 0 Å². The van der Waals surface area contributed by atoms with Gasteiger partial charge < -0.3 is 14.3 Å². The van der Waals surface area contributed by atoms with E-state index in [1.165, 1.54) is 7.11 Å². The first-order valence-electron chi connectivity index (χ1n) is 7.55. The number of furan rings is 1. The van der Waals surface area contributed by atoms with E-state index in [9.17, 15) is 9.90 Å². The Morgan fingerprint density at radius 2 is 1.92 bits per heavy atom. The Morgan fingerprint density at radius 1 is 1.21 bits per heavy atom. The number of aliphatic hydroxyl groups excluding tert-OH is 1. The minimum absolute atomic E-state index is 0.196. The summed E-state index contributed by atoms with van der Waals surface area (Å²) in [6.45, 7) is 1.78. The zero-order valence-electron chi connectivity index (χ0n) is 13.3. The maximum Gasteiger partial charge on any atom is 0.228 e. The van der Waals surface area contributed by atoms with Gasteiger partial charge >= 0.3 is 0 Å². The highest BCUT2D eigenvalue weighted by Gasteiger charge is 2.29. The Hall–Kier alpha value is -2.14. The van der Waals surface area contributed by atoms with Gasteiger partial charge in [-0.1, -0.05) is 48.9 Å². The van der Waals surface area contributed by atoms with Crippen LogP contribution in [0.1, 0.15) is 34.5 Å². The Balaban J connectivity index is 2.21. The quantitative estimate of drug-likeness (QED) is 0.551. The van der Waals surface area contributed by atoms with Gasteiger partial charge in [0, 0.05) is 34.6 Å². The van der Waals surface area contributed by atoms with Crippen molar-refractivity contribution in [2.75, 3.05) is 7.11 Å². The Kier molecular flexibility index (Phi) is 4.71. The summed E-state index contributed by atoms with van der Waals surface area (Å²) in [5.41, 5.74) is 1.66. The summed E-state index contributed by atoms with van der Waals surface area (Å²) in [5, 5.41) is 11.3. The van der Waals surface area contributed by atoms with Crippen LogP contribution >= 0.6 is 11.6 Å². The van der Waals surface area contributed by atoms with E-state index in [0.29, 0.717) is 27.1 Å². The predicted octanol–water partition coefficient (Wildman–Crippen LogP) is 4.39. The molecule has 1 N–H and O–H groups in total. The summed E-state index contributed by atoms with van der Waals surface area (Å²) in [6, 6.07) is 14.0. The van der Waals surface area contributed by atoms with Gasteiger partial charge in [0.15, 0.2) is 12.1 Å². The summed E-state index contributed by atoms with van der Waals surface area (Å²) < 4.78 is 10.8. The number of methoxy groups -OCH3 is 1. The topological polar surface area (TPSA) is 59.7 Å². The summed E-state index contributed by atoms with van der Waals surface area (Å²) >= 11 is 6.09. The third-order valence-corrected chi connectivity index (χ3v) is 4.29. The van der Waals surface area contributed by atoms with Crippen LogP contribution in [0.25, 0.3) is 11.0 Å². The molecule has 0 aliphatic heterocycles. The molecular weight excluding hydrogens is 328 g/mol. The van der Waals surface area contributed by atoms with Crippen molar-refractivity contribution in [3.63, 3.8) is 0 Å². The number of carbonyl (C=O) groups excluding carboxylic acids is 1. The van der Waals surface area contributed by atoms with E-state index in [1.54, 1.807) is 49.4 Å². The van der Waals surface area contributed by atoms with E-state index in [2.05, 4.69) is 0 Å². The lowest BCUT2D eigenvalue weighted by Gasteiger charge is -2.17. The van der Waals surface area contributed by atoms with E-state index in [0.717, 1.165) is 0 Å². The number of rotatable bonds is 5. The van der Waals surface area contributed by atoms with E-state index >= 15 is 0 Å². The van der Waals surface area contributed by atoms with Crippen molar-refractivity contribution < 1.29 is 19.1 Å². The Morgan fingerprint density at radius 3 is 2.58 bits per heavy atom. The van der Waals surface area contributed by atoms with Gasteiger partial charge in [-0.15, -0.1) is 0 Å². The van der Waals surface area contributed by atoms with Gasteiger partial charge in [-0.25, -0.2) is 0 Å². The number of benzene rings is 2. The maximum absolute atomic E-state index is 12.9. The van der Waals surface area contributed by atoms with Gasteiger partial charge in [-0.3, -0.25) is 4.79 Å². The van der Waals surface area contributed by atoms with Crippen LogP contribution in [0.15, 0.2) is 52.9 Å². The van der Waals surface area contributed by atoms with E-state index in [4.69, 9.17) is 20.8 Å². The van der Waals surface area contributed by atoms with Crippen LogP contribution < -0.4 is 0 Å². The lowest BCUT2D eigenvalue weighted by atomic mass is 9.94. The van der Waals surface area contributed by atoms with E-state index in [1.807, 2.05) is 6.07 Å². The molecule has 1 aromatic heterocycles. The SMILES string of the molecule is COC(O)C(C)c1c(C(=O)c2ccccc2)oc2ccc(Cl)cc12. The lowest BCUT2D eigenvalue weighted by Crippen LogP contribution is -2.19. The van der Waals surface area contributed by atoms with Crippen LogP contribution in [-0.2, 0) is 4.74 Å². The van der Waals surface area contributed by atoms with Crippen molar-refractivity contribution in [3.05, 3.63) is 70.4 Å². The minimum atomic E-state index is -1.06. The summed E-state index contributed by atoms with van der Waals surface area (Å²) in [6.07, 6.45) is -1.06. The summed E-state index contributed by atoms with van der Waals surface area (Å²) in [5.74, 6) is -0.507. The highest BCUT2D eigenvalue weighted by molar-refractivity contribution is 6.31. The van der Waals surface area contributed by atoms with E-state index in [-0.39, 0.29) is 11.5 Å². The molecule has 0 saturated carbocycles. The highest BCUT2D eigenvalue weighted by atomic mass is 35.5. The summed E-state index contributed by atoms with van der Waals surface area (Å²) in [4.78, 5) is 12.9. The average molecular weight is 345 g/mol. The van der Waals surface area contributed by atoms with Gasteiger partial charge in [0.1, 0.15) is 5.58 Å². The molecule has 0 amide bonds. The number of halogens is 1. The third kappa shape index (κ3) is 2.96. The molecule has 0 saturated heterocycles. The molecule has 2 aromatic carbocycles. The van der Waals surface area contributed by atoms with Gasteiger partial charge in [-0.05, 0) is 18.2 Å². The van der Waals surface area contributed by atoms with Crippen LogP contribution in [0.3, 0.4) is 0 Å². The highest BCUT2D eigenvalue weighted by Crippen LogP contribution is 2.36. The van der Waals surface area contributed by atoms with Crippen molar-refractivity contribution in [1.29, 1.82) is 0 Å². The smallest absolute Gasteiger partial charge is 0.228 e. The van der Waals surface area contributed by atoms with Gasteiger partial charge in [-0.2, -0.15) is 0 Å². The fourth-order valence-corrected chi connectivity index (χ4v) is 2.95. The lowest BCUT2D eigenvalue weighted by molar-refractivity contribution is -0.0878. The molecule has 1 heterocycles. The van der Waals surface area contributed by atoms with Crippen molar-refractivity contribution in [2.24, 2.45) is 0 Å². The number of ketones is 1. The van der Waals surface area contributed by atoms with Crippen LogP contribution in [0.2, 0.25) is 5.02 Å². The van der Waals surface area contributed by atoms with Crippen molar-refractivity contribution in [2.45, 2.75) is 19.1 Å². The molecule has 0 bridgehead atoms.